The van der Waals surface area contributed by atoms with Gasteiger partial charge in [-0.3, -0.25) is 4.79 Å². The predicted molar refractivity (Wildman–Crippen MR) is 81.0 cm³/mol. The molecule has 5 heteroatoms. The Morgan fingerprint density at radius 1 is 1.33 bits per heavy atom. The van der Waals surface area contributed by atoms with E-state index in [0.29, 0.717) is 6.42 Å². The fourth-order valence-corrected chi connectivity index (χ4v) is 2.36. The number of aromatic nitrogens is 1. The Balaban J connectivity index is 2.09. The van der Waals surface area contributed by atoms with E-state index < -0.39 is 12.0 Å². The molecule has 3 N–H and O–H groups in total. The summed E-state index contributed by atoms with van der Waals surface area (Å²) >= 11 is 0. The molecule has 2 atom stereocenters. The second kappa shape index (κ2) is 6.43. The normalized spacial score (nSPS) is 13.8. The van der Waals surface area contributed by atoms with Crippen LogP contribution in [0, 0.1) is 5.92 Å². The zero-order valence-corrected chi connectivity index (χ0v) is 12.2. The van der Waals surface area contributed by atoms with Gasteiger partial charge < -0.3 is 15.4 Å². The number of carboxylic acid groups (broad SMARTS) is 1. The molecule has 0 aliphatic rings. The number of hydrogen-bond acceptors (Lipinski definition) is 2. The van der Waals surface area contributed by atoms with Gasteiger partial charge >= 0.3 is 5.97 Å². The van der Waals surface area contributed by atoms with E-state index in [1.165, 1.54) is 0 Å². The maximum Gasteiger partial charge on any atom is 0.326 e. The van der Waals surface area contributed by atoms with Crippen LogP contribution < -0.4 is 5.32 Å². The molecule has 1 aromatic carbocycles. The second-order valence-corrected chi connectivity index (χ2v) is 5.31. The van der Waals surface area contributed by atoms with E-state index in [0.717, 1.165) is 16.5 Å². The lowest BCUT2D eigenvalue weighted by Crippen LogP contribution is -2.45. The lowest BCUT2D eigenvalue weighted by atomic mass is 9.99. The summed E-state index contributed by atoms with van der Waals surface area (Å²) in [6.45, 7) is 3.73. The highest BCUT2D eigenvalue weighted by molar-refractivity contribution is 5.90. The molecule has 0 aliphatic heterocycles. The number of nitrogens with one attached hydrogen (secondary N) is 2. The fourth-order valence-electron chi connectivity index (χ4n) is 2.36. The van der Waals surface area contributed by atoms with Gasteiger partial charge in [0.05, 0.1) is 6.42 Å². The molecule has 0 radical (unpaired) electrons. The maximum absolute atomic E-state index is 12.1. The Morgan fingerprint density at radius 3 is 2.71 bits per heavy atom. The van der Waals surface area contributed by atoms with E-state index in [4.69, 9.17) is 0 Å². The summed E-state index contributed by atoms with van der Waals surface area (Å²) in [7, 11) is 0. The number of aliphatic carboxylic acids is 1. The Hall–Kier alpha value is -2.30. The molecule has 1 heterocycles. The summed E-state index contributed by atoms with van der Waals surface area (Å²) in [6, 6.07) is 6.88. The van der Waals surface area contributed by atoms with Crippen LogP contribution in [0.3, 0.4) is 0 Å². The van der Waals surface area contributed by atoms with Crippen molar-refractivity contribution in [2.75, 3.05) is 0 Å². The van der Waals surface area contributed by atoms with Gasteiger partial charge in [-0.05, 0) is 17.5 Å². The molecule has 0 aliphatic carbocycles. The molecule has 0 fully saturated rings. The summed E-state index contributed by atoms with van der Waals surface area (Å²) in [5, 5.41) is 12.8. The van der Waals surface area contributed by atoms with Crippen molar-refractivity contribution in [2.45, 2.75) is 32.7 Å². The third-order valence-corrected chi connectivity index (χ3v) is 3.82. The smallest absolute Gasteiger partial charge is 0.326 e. The highest BCUT2D eigenvalue weighted by atomic mass is 16.4. The predicted octanol–water partition coefficient (Wildman–Crippen LogP) is 2.33. The number of carboxylic acids is 1. The third kappa shape index (κ3) is 3.42. The van der Waals surface area contributed by atoms with Gasteiger partial charge in [-0.2, -0.15) is 0 Å². The summed E-state index contributed by atoms with van der Waals surface area (Å²) in [4.78, 5) is 26.4. The Morgan fingerprint density at radius 2 is 2.05 bits per heavy atom. The van der Waals surface area contributed by atoms with Crippen molar-refractivity contribution in [3.63, 3.8) is 0 Å². The highest BCUT2D eigenvalue weighted by Crippen LogP contribution is 2.18. The molecule has 0 unspecified atom stereocenters. The van der Waals surface area contributed by atoms with Crippen molar-refractivity contribution < 1.29 is 14.7 Å². The largest absolute Gasteiger partial charge is 0.480 e. The Labute approximate surface area is 123 Å². The first-order valence-corrected chi connectivity index (χ1v) is 7.10. The van der Waals surface area contributed by atoms with E-state index in [2.05, 4.69) is 10.3 Å². The molecule has 2 rings (SSSR count). The number of H-pyrrole nitrogens is 1. The number of benzene rings is 1. The quantitative estimate of drug-likeness (QED) is 0.763. The van der Waals surface area contributed by atoms with Gasteiger partial charge in [0.15, 0.2) is 0 Å². The van der Waals surface area contributed by atoms with Crippen molar-refractivity contribution in [3.05, 3.63) is 36.0 Å². The molecule has 2 aromatic rings. The molecular weight excluding hydrogens is 268 g/mol. The van der Waals surface area contributed by atoms with Gasteiger partial charge in [-0.25, -0.2) is 4.79 Å². The van der Waals surface area contributed by atoms with Crippen LogP contribution in [0.2, 0.25) is 0 Å². The van der Waals surface area contributed by atoms with Crippen LogP contribution in [-0.4, -0.2) is 28.0 Å². The van der Waals surface area contributed by atoms with E-state index >= 15 is 0 Å². The Kier molecular flexibility index (Phi) is 4.62. The number of carbonyl (C=O) groups excluding carboxylic acids is 1. The summed E-state index contributed by atoms with van der Waals surface area (Å²) < 4.78 is 0. The van der Waals surface area contributed by atoms with Crippen molar-refractivity contribution in [2.24, 2.45) is 5.92 Å². The van der Waals surface area contributed by atoms with Crippen LogP contribution in [0.15, 0.2) is 30.5 Å². The minimum Gasteiger partial charge on any atom is -0.480 e. The zero-order chi connectivity index (χ0) is 15.4. The molecule has 112 valence electrons. The van der Waals surface area contributed by atoms with Crippen molar-refractivity contribution in [3.8, 4) is 0 Å². The average molecular weight is 288 g/mol. The lowest BCUT2D eigenvalue weighted by Gasteiger charge is -2.20. The molecule has 21 heavy (non-hydrogen) atoms. The van der Waals surface area contributed by atoms with Crippen LogP contribution in [0.4, 0.5) is 0 Å². The van der Waals surface area contributed by atoms with E-state index in [1.807, 2.05) is 38.1 Å². The third-order valence-electron chi connectivity index (χ3n) is 3.82. The van der Waals surface area contributed by atoms with E-state index in [1.54, 1.807) is 6.20 Å². The number of rotatable bonds is 6. The van der Waals surface area contributed by atoms with Gasteiger partial charge in [0.2, 0.25) is 5.91 Å². The van der Waals surface area contributed by atoms with Gasteiger partial charge in [0.25, 0.3) is 0 Å². The number of para-hydroxylation sites is 1. The number of aromatic amines is 1. The van der Waals surface area contributed by atoms with Gasteiger partial charge in [-0.15, -0.1) is 0 Å². The van der Waals surface area contributed by atoms with Crippen LogP contribution in [-0.2, 0) is 16.0 Å². The van der Waals surface area contributed by atoms with Gasteiger partial charge in [-0.1, -0.05) is 38.5 Å². The minimum absolute atomic E-state index is 0.102. The first kappa shape index (κ1) is 15.1. The summed E-state index contributed by atoms with van der Waals surface area (Å²) in [6.07, 6.45) is 2.66. The number of hydrogen-bond donors (Lipinski definition) is 3. The molecule has 5 nitrogen and oxygen atoms in total. The fraction of sp³-hybridized carbons (Fsp3) is 0.375. The second-order valence-electron chi connectivity index (χ2n) is 5.31. The monoisotopic (exact) mass is 288 g/mol. The summed E-state index contributed by atoms with van der Waals surface area (Å²) in [5.74, 6) is -1.36. The lowest BCUT2D eigenvalue weighted by molar-refractivity contribution is -0.143. The van der Waals surface area contributed by atoms with Gasteiger partial charge in [0, 0.05) is 17.1 Å². The SMILES string of the molecule is CC[C@@H](C)[C@H](NC(=O)Cc1c[nH]c2ccccc12)C(=O)O. The van der Waals surface area contributed by atoms with E-state index in [-0.39, 0.29) is 18.2 Å². The topological polar surface area (TPSA) is 82.2 Å². The molecule has 0 bridgehead atoms. The summed E-state index contributed by atoms with van der Waals surface area (Å²) in [5.41, 5.74) is 1.84. The number of amides is 1. The first-order chi connectivity index (χ1) is 10.0. The van der Waals surface area contributed by atoms with E-state index in [9.17, 15) is 14.7 Å². The van der Waals surface area contributed by atoms with Crippen LogP contribution in [0.25, 0.3) is 10.9 Å². The van der Waals surface area contributed by atoms with Crippen LogP contribution in [0.5, 0.6) is 0 Å². The highest BCUT2D eigenvalue weighted by Gasteiger charge is 2.25. The van der Waals surface area contributed by atoms with Gasteiger partial charge in [0.1, 0.15) is 6.04 Å². The van der Waals surface area contributed by atoms with Crippen LogP contribution >= 0.6 is 0 Å². The standard InChI is InChI=1S/C16H20N2O3/c1-3-10(2)15(16(20)21)18-14(19)8-11-9-17-13-7-5-4-6-12(11)13/h4-7,9-10,15,17H,3,8H2,1-2H3,(H,18,19)(H,20,21)/t10-,15+/m1/s1. The first-order valence-electron chi connectivity index (χ1n) is 7.10. The van der Waals surface area contributed by atoms with Crippen molar-refractivity contribution >= 4 is 22.8 Å². The molecule has 0 saturated heterocycles. The molecule has 0 spiro atoms. The number of fused-ring (bicyclic) bond motifs is 1. The minimum atomic E-state index is -0.989. The molecule has 1 aromatic heterocycles. The van der Waals surface area contributed by atoms with Crippen LogP contribution in [0.1, 0.15) is 25.8 Å². The molecule has 0 saturated carbocycles. The molecule has 1 amide bonds. The average Bonchev–Trinajstić information content (AvgIpc) is 2.87. The molecular formula is C16H20N2O3. The Bertz CT molecular complexity index is 648. The zero-order valence-electron chi connectivity index (χ0n) is 12.2. The van der Waals surface area contributed by atoms with Crippen molar-refractivity contribution in [1.82, 2.24) is 10.3 Å². The van der Waals surface area contributed by atoms with Crippen molar-refractivity contribution in [1.29, 1.82) is 0 Å². The maximum atomic E-state index is 12.1. The number of carbonyl (C=O) groups is 2.